The summed E-state index contributed by atoms with van der Waals surface area (Å²) >= 11 is 6.28. The van der Waals surface area contributed by atoms with Crippen LogP contribution in [0.5, 0.6) is 0 Å². The molecule has 3 N–H and O–H groups in total. The molecule has 0 unspecified atom stereocenters. The number of aromatic nitrogens is 2. The summed E-state index contributed by atoms with van der Waals surface area (Å²) in [6, 6.07) is 13.8. The molecular formula is C23H24ClN5O. The number of imidazole rings is 1. The lowest BCUT2D eigenvalue weighted by Gasteiger charge is -2.28. The Hall–Kier alpha value is -2.99. The highest BCUT2D eigenvalue weighted by molar-refractivity contribution is 6.31. The van der Waals surface area contributed by atoms with Gasteiger partial charge in [0.1, 0.15) is 17.4 Å². The van der Waals surface area contributed by atoms with Crippen LogP contribution in [0.4, 0.5) is 5.69 Å². The number of rotatable bonds is 4. The number of hydrogen-bond donors (Lipinski definition) is 3. The molecule has 1 fully saturated rings. The monoisotopic (exact) mass is 421 g/mol. The van der Waals surface area contributed by atoms with Crippen LogP contribution < -0.4 is 4.90 Å². The lowest BCUT2D eigenvalue weighted by molar-refractivity contribution is 0.347. The summed E-state index contributed by atoms with van der Waals surface area (Å²) in [5.41, 5.74) is 4.33. The van der Waals surface area contributed by atoms with Crippen molar-refractivity contribution in [1.82, 2.24) is 14.9 Å². The molecule has 6 nitrogen and oxygen atoms in total. The van der Waals surface area contributed by atoms with E-state index in [1.807, 2.05) is 30.3 Å². The molecule has 5 rings (SSSR count). The van der Waals surface area contributed by atoms with E-state index < -0.39 is 0 Å². The molecule has 0 saturated carbocycles. The van der Waals surface area contributed by atoms with Gasteiger partial charge in [0.25, 0.3) is 0 Å². The number of nitrogens with zero attached hydrogens (tertiary/aromatic N) is 3. The highest BCUT2D eigenvalue weighted by atomic mass is 35.5. The summed E-state index contributed by atoms with van der Waals surface area (Å²) in [6.07, 6.45) is 3.75. The van der Waals surface area contributed by atoms with Gasteiger partial charge in [0.2, 0.25) is 0 Å². The number of fused-ring (bicyclic) bond motifs is 1. The number of halogens is 1. The first kappa shape index (κ1) is 19.0. The lowest BCUT2D eigenvalue weighted by atomic mass is 10.1. The van der Waals surface area contributed by atoms with Crippen LogP contribution in [0.3, 0.4) is 0 Å². The first-order chi connectivity index (χ1) is 14.6. The summed E-state index contributed by atoms with van der Waals surface area (Å²) in [5.74, 6) is 0.940. The zero-order valence-electron chi connectivity index (χ0n) is 16.7. The van der Waals surface area contributed by atoms with E-state index in [-0.39, 0.29) is 18.1 Å². The number of H-pyrrole nitrogens is 1. The molecule has 1 aromatic heterocycles. The summed E-state index contributed by atoms with van der Waals surface area (Å²) < 4.78 is 0. The molecule has 3 heterocycles. The number of aromatic amines is 1. The number of anilines is 1. The number of piperidine rings is 1. The number of aliphatic hydroxyl groups excluding tert-OH is 1. The second-order valence-corrected chi connectivity index (χ2v) is 8.36. The molecule has 0 radical (unpaired) electrons. The summed E-state index contributed by atoms with van der Waals surface area (Å²) in [7, 11) is 0. The first-order valence-corrected chi connectivity index (χ1v) is 10.7. The maximum atomic E-state index is 10.6. The van der Waals surface area contributed by atoms with Crippen LogP contribution in [0.25, 0.3) is 16.6 Å². The normalized spacial score (nSPS) is 17.4. The lowest BCUT2D eigenvalue weighted by Crippen LogP contribution is -2.29. The number of amidine groups is 1. The Kier molecular flexibility index (Phi) is 4.87. The average Bonchev–Trinajstić information content (AvgIpc) is 3.29. The van der Waals surface area contributed by atoms with Crippen LogP contribution in [-0.4, -0.2) is 45.4 Å². The van der Waals surface area contributed by atoms with Gasteiger partial charge in [0, 0.05) is 30.3 Å². The highest BCUT2D eigenvalue weighted by Gasteiger charge is 2.30. The third-order valence-corrected chi connectivity index (χ3v) is 6.29. The van der Waals surface area contributed by atoms with E-state index in [4.69, 9.17) is 17.0 Å². The predicted molar refractivity (Wildman–Crippen MR) is 121 cm³/mol. The van der Waals surface area contributed by atoms with Crippen LogP contribution in [0.1, 0.15) is 30.7 Å². The molecule has 2 aliphatic heterocycles. The van der Waals surface area contributed by atoms with Crippen LogP contribution in [0.2, 0.25) is 5.02 Å². The number of nitrogens with one attached hydrogen (secondary N) is 2. The second-order valence-electron chi connectivity index (χ2n) is 7.95. The Morgan fingerprint density at radius 1 is 1.10 bits per heavy atom. The molecular weight excluding hydrogens is 398 g/mol. The van der Waals surface area contributed by atoms with Crippen molar-refractivity contribution in [3.05, 3.63) is 64.6 Å². The van der Waals surface area contributed by atoms with Crippen molar-refractivity contribution in [2.75, 3.05) is 24.5 Å². The topological polar surface area (TPSA) is 79.2 Å². The first-order valence-electron chi connectivity index (χ1n) is 10.3. The molecule has 0 bridgehead atoms. The minimum Gasteiger partial charge on any atom is -0.510 e. The molecule has 0 spiro atoms. The Balaban J connectivity index is 1.41. The summed E-state index contributed by atoms with van der Waals surface area (Å²) in [5, 5.41) is 19.9. The van der Waals surface area contributed by atoms with Crippen LogP contribution in [0, 0.1) is 5.41 Å². The van der Waals surface area contributed by atoms with Crippen LogP contribution in [0.15, 0.2) is 48.2 Å². The maximum Gasteiger partial charge on any atom is 0.145 e. The smallest absolute Gasteiger partial charge is 0.145 e. The van der Waals surface area contributed by atoms with Gasteiger partial charge in [-0.3, -0.25) is 5.41 Å². The molecule has 1 saturated heterocycles. The van der Waals surface area contributed by atoms with Gasteiger partial charge in [-0.25, -0.2) is 4.98 Å². The molecule has 2 aromatic carbocycles. The fraction of sp³-hybridized carbons (Fsp3) is 0.304. The Morgan fingerprint density at radius 3 is 2.70 bits per heavy atom. The summed E-state index contributed by atoms with van der Waals surface area (Å²) in [4.78, 5) is 12.2. The van der Waals surface area contributed by atoms with Crippen molar-refractivity contribution in [3.8, 4) is 0 Å². The Bertz CT molecular complexity index is 1150. The summed E-state index contributed by atoms with van der Waals surface area (Å²) in [6.45, 7) is 2.90. The zero-order valence-corrected chi connectivity index (χ0v) is 17.4. The number of aliphatic hydroxyl groups is 1. The van der Waals surface area contributed by atoms with Gasteiger partial charge >= 0.3 is 0 Å². The van der Waals surface area contributed by atoms with Gasteiger partial charge < -0.3 is 19.9 Å². The minimum absolute atomic E-state index is 0.155. The van der Waals surface area contributed by atoms with Gasteiger partial charge in [-0.2, -0.15) is 0 Å². The Labute approximate surface area is 180 Å². The third-order valence-electron chi connectivity index (χ3n) is 5.92. The van der Waals surface area contributed by atoms with Gasteiger partial charge in [0.15, 0.2) is 0 Å². The fourth-order valence-electron chi connectivity index (χ4n) is 4.31. The van der Waals surface area contributed by atoms with E-state index in [0.717, 1.165) is 29.7 Å². The van der Waals surface area contributed by atoms with E-state index in [0.29, 0.717) is 23.0 Å². The quantitative estimate of drug-likeness (QED) is 0.555. The second kappa shape index (κ2) is 7.69. The third kappa shape index (κ3) is 3.41. The SMILES string of the molecule is N=C1C(c2nc3ccc(N4CCCCC4)cc3[nH]2)=C(O)CN1Cc1ccccc1Cl. The number of benzene rings is 2. The van der Waals surface area contributed by atoms with Crippen molar-refractivity contribution in [1.29, 1.82) is 5.41 Å². The molecule has 154 valence electrons. The van der Waals surface area contributed by atoms with E-state index in [1.54, 1.807) is 4.90 Å². The van der Waals surface area contributed by atoms with E-state index in [9.17, 15) is 5.11 Å². The van der Waals surface area contributed by atoms with Gasteiger partial charge in [0.05, 0.1) is 23.2 Å². The zero-order chi connectivity index (χ0) is 20.7. The van der Waals surface area contributed by atoms with Gasteiger partial charge in [-0.15, -0.1) is 0 Å². The molecule has 30 heavy (non-hydrogen) atoms. The molecule has 3 aromatic rings. The van der Waals surface area contributed by atoms with Crippen molar-refractivity contribution >= 4 is 39.7 Å². The van der Waals surface area contributed by atoms with Crippen molar-refractivity contribution in [2.24, 2.45) is 0 Å². The average molecular weight is 422 g/mol. The van der Waals surface area contributed by atoms with Crippen LogP contribution >= 0.6 is 11.6 Å². The van der Waals surface area contributed by atoms with Crippen molar-refractivity contribution < 1.29 is 5.11 Å². The van der Waals surface area contributed by atoms with E-state index in [1.165, 1.54) is 24.9 Å². The standard InChI is InChI=1S/C23H24ClN5O/c24-17-7-3-2-6-15(17)13-29-14-20(30)21(22(29)25)23-26-18-9-8-16(12-19(18)27-23)28-10-4-1-5-11-28/h2-3,6-9,12,25,30H,1,4-5,10-11,13-14H2,(H,26,27). The molecule has 0 aliphatic carbocycles. The van der Waals surface area contributed by atoms with Crippen molar-refractivity contribution in [3.63, 3.8) is 0 Å². The largest absolute Gasteiger partial charge is 0.510 e. The molecule has 2 aliphatic rings. The Morgan fingerprint density at radius 2 is 1.90 bits per heavy atom. The van der Waals surface area contributed by atoms with Crippen molar-refractivity contribution in [2.45, 2.75) is 25.8 Å². The highest BCUT2D eigenvalue weighted by Crippen LogP contribution is 2.30. The fourth-order valence-corrected chi connectivity index (χ4v) is 4.51. The number of hydrogen-bond acceptors (Lipinski definition) is 4. The van der Waals surface area contributed by atoms with Crippen LogP contribution in [-0.2, 0) is 6.54 Å². The van der Waals surface area contributed by atoms with Gasteiger partial charge in [-0.1, -0.05) is 29.8 Å². The molecule has 7 heteroatoms. The minimum atomic E-state index is 0.155. The predicted octanol–water partition coefficient (Wildman–Crippen LogP) is 4.97. The van der Waals surface area contributed by atoms with E-state index in [2.05, 4.69) is 27.0 Å². The molecule has 0 atom stereocenters. The van der Waals surface area contributed by atoms with E-state index >= 15 is 0 Å². The van der Waals surface area contributed by atoms with Gasteiger partial charge in [-0.05, 0) is 49.1 Å². The molecule has 0 amide bonds. The maximum absolute atomic E-state index is 10.6.